The average Bonchev–Trinajstić information content (AvgIpc) is 2.84. The number of hydrogen-bond acceptors (Lipinski definition) is 6. The van der Waals surface area contributed by atoms with E-state index in [9.17, 15) is 27.9 Å². The molecule has 4 aromatic rings. The van der Waals surface area contributed by atoms with Crippen LogP contribution in [0, 0.1) is 0 Å². The highest BCUT2D eigenvalue weighted by atomic mass is 35.5. The second-order valence-corrected chi connectivity index (χ2v) is 10.5. The molecular weight excluding hydrogens is 506 g/mol. The minimum atomic E-state index is -3.41. The van der Waals surface area contributed by atoms with Crippen molar-refractivity contribution in [2.45, 2.75) is 11.4 Å². The number of aromatic nitrogens is 1. The highest BCUT2D eigenvalue weighted by Gasteiger charge is 2.25. The summed E-state index contributed by atoms with van der Waals surface area (Å²) in [6, 6.07) is 16.6. The molecule has 0 amide bonds. The number of carbonyl (C=O) groups is 2. The van der Waals surface area contributed by atoms with Gasteiger partial charge in [-0.25, -0.2) is 18.0 Å². The SMILES string of the molecule is COC(=O)c1c(-c2ccc(C(=O)O)cc2)c2cc(Cl)ccc2c(=O)n1Cc1ccc(S(C)(=O)=O)cc1. The number of fused-ring (bicyclic) bond motifs is 1. The van der Waals surface area contributed by atoms with Crippen LogP contribution in [-0.2, 0) is 21.1 Å². The molecule has 0 fully saturated rings. The number of benzene rings is 3. The van der Waals surface area contributed by atoms with Gasteiger partial charge in [0.25, 0.3) is 5.56 Å². The van der Waals surface area contributed by atoms with Crippen LogP contribution in [-0.4, -0.2) is 43.4 Å². The number of hydrogen-bond donors (Lipinski definition) is 1. The summed E-state index contributed by atoms with van der Waals surface area (Å²) in [6.45, 7) is -0.0495. The van der Waals surface area contributed by atoms with Gasteiger partial charge in [-0.05, 0) is 59.0 Å². The van der Waals surface area contributed by atoms with E-state index in [0.29, 0.717) is 27.1 Å². The van der Waals surface area contributed by atoms with Crippen molar-refractivity contribution in [1.82, 2.24) is 4.57 Å². The lowest BCUT2D eigenvalue weighted by Gasteiger charge is -2.19. The van der Waals surface area contributed by atoms with Crippen molar-refractivity contribution in [3.8, 4) is 11.1 Å². The third-order valence-corrected chi connectivity index (χ3v) is 7.09. The van der Waals surface area contributed by atoms with Gasteiger partial charge in [-0.1, -0.05) is 35.9 Å². The molecular formula is C26H20ClNO7S. The zero-order valence-corrected chi connectivity index (χ0v) is 20.8. The van der Waals surface area contributed by atoms with E-state index in [4.69, 9.17) is 16.3 Å². The molecule has 1 heterocycles. The van der Waals surface area contributed by atoms with Crippen LogP contribution in [0.25, 0.3) is 21.9 Å². The van der Waals surface area contributed by atoms with Crippen molar-refractivity contribution in [2.75, 3.05) is 13.4 Å². The molecule has 0 radical (unpaired) electrons. The van der Waals surface area contributed by atoms with Crippen LogP contribution < -0.4 is 5.56 Å². The van der Waals surface area contributed by atoms with Gasteiger partial charge in [-0.15, -0.1) is 0 Å². The van der Waals surface area contributed by atoms with Crippen LogP contribution in [0.15, 0.2) is 76.4 Å². The molecule has 3 aromatic carbocycles. The van der Waals surface area contributed by atoms with Crippen molar-refractivity contribution in [1.29, 1.82) is 0 Å². The zero-order chi connectivity index (χ0) is 26.2. The van der Waals surface area contributed by atoms with Crippen LogP contribution >= 0.6 is 11.6 Å². The first-order valence-corrected chi connectivity index (χ1v) is 12.9. The van der Waals surface area contributed by atoms with Gasteiger partial charge in [0.15, 0.2) is 9.84 Å². The first kappa shape index (κ1) is 25.2. The third kappa shape index (κ3) is 4.75. The van der Waals surface area contributed by atoms with Crippen molar-refractivity contribution in [2.24, 2.45) is 0 Å². The number of methoxy groups -OCH3 is 1. The molecule has 8 nitrogen and oxygen atoms in total. The van der Waals surface area contributed by atoms with E-state index in [2.05, 4.69) is 0 Å². The van der Waals surface area contributed by atoms with E-state index < -0.39 is 27.3 Å². The Morgan fingerprint density at radius 3 is 2.17 bits per heavy atom. The lowest BCUT2D eigenvalue weighted by Crippen LogP contribution is -2.28. The third-order valence-electron chi connectivity index (χ3n) is 5.72. The van der Waals surface area contributed by atoms with Gasteiger partial charge in [0, 0.05) is 22.2 Å². The molecule has 1 aromatic heterocycles. The van der Waals surface area contributed by atoms with Crippen LogP contribution in [0.3, 0.4) is 0 Å². The monoisotopic (exact) mass is 525 g/mol. The van der Waals surface area contributed by atoms with Gasteiger partial charge in [0.05, 0.1) is 24.1 Å². The Morgan fingerprint density at radius 2 is 1.61 bits per heavy atom. The molecule has 0 unspecified atom stereocenters. The maximum Gasteiger partial charge on any atom is 0.355 e. The number of halogens is 1. The number of carboxylic acids is 1. The summed E-state index contributed by atoms with van der Waals surface area (Å²) in [5.74, 6) is -1.89. The Bertz CT molecular complexity index is 1670. The maximum absolute atomic E-state index is 13.6. The van der Waals surface area contributed by atoms with Crippen molar-refractivity contribution >= 4 is 44.1 Å². The predicted octanol–water partition coefficient (Wildman–Crippen LogP) is 4.26. The van der Waals surface area contributed by atoms with E-state index in [-0.39, 0.29) is 28.1 Å². The Hall–Kier alpha value is -3.95. The Labute approximate surface area is 211 Å². The lowest BCUT2D eigenvalue weighted by molar-refractivity contribution is 0.0587. The topological polar surface area (TPSA) is 120 Å². The fourth-order valence-electron chi connectivity index (χ4n) is 3.98. The molecule has 0 spiro atoms. The van der Waals surface area contributed by atoms with Crippen LogP contribution in [0.5, 0.6) is 0 Å². The van der Waals surface area contributed by atoms with Crippen LogP contribution in [0.2, 0.25) is 5.02 Å². The minimum absolute atomic E-state index is 0.0486. The summed E-state index contributed by atoms with van der Waals surface area (Å²) in [7, 11) is -2.22. The van der Waals surface area contributed by atoms with E-state index in [1.165, 1.54) is 35.9 Å². The largest absolute Gasteiger partial charge is 0.478 e. The summed E-state index contributed by atoms with van der Waals surface area (Å²) < 4.78 is 29.9. The number of pyridine rings is 1. The fraction of sp³-hybridized carbons (Fsp3) is 0.115. The molecule has 0 aliphatic rings. The number of rotatable bonds is 6. The van der Waals surface area contributed by atoms with E-state index >= 15 is 0 Å². The molecule has 184 valence electrons. The molecule has 0 aliphatic carbocycles. The highest BCUT2D eigenvalue weighted by molar-refractivity contribution is 7.90. The quantitative estimate of drug-likeness (QED) is 0.373. The van der Waals surface area contributed by atoms with Gasteiger partial charge >= 0.3 is 11.9 Å². The molecule has 10 heteroatoms. The normalized spacial score (nSPS) is 11.4. The summed E-state index contributed by atoms with van der Waals surface area (Å²) in [6.07, 6.45) is 1.10. The molecule has 0 saturated heterocycles. The Morgan fingerprint density at radius 1 is 0.972 bits per heavy atom. The molecule has 36 heavy (non-hydrogen) atoms. The van der Waals surface area contributed by atoms with Crippen molar-refractivity contribution < 1.29 is 27.9 Å². The number of carbonyl (C=O) groups excluding carboxylic acids is 1. The number of carboxylic acid groups (broad SMARTS) is 1. The van der Waals surface area contributed by atoms with Gasteiger partial charge in [0.1, 0.15) is 5.69 Å². The van der Waals surface area contributed by atoms with Crippen LogP contribution in [0.4, 0.5) is 0 Å². The zero-order valence-electron chi connectivity index (χ0n) is 19.2. The average molecular weight is 526 g/mol. The number of esters is 1. The predicted molar refractivity (Wildman–Crippen MR) is 136 cm³/mol. The van der Waals surface area contributed by atoms with Crippen molar-refractivity contribution in [3.05, 3.63) is 98.9 Å². The maximum atomic E-state index is 13.6. The van der Waals surface area contributed by atoms with Gasteiger partial charge in [-0.3, -0.25) is 9.36 Å². The van der Waals surface area contributed by atoms with E-state index in [1.54, 1.807) is 42.5 Å². The number of ether oxygens (including phenoxy) is 1. The second kappa shape index (κ2) is 9.60. The van der Waals surface area contributed by atoms with Gasteiger partial charge < -0.3 is 9.84 Å². The summed E-state index contributed by atoms with van der Waals surface area (Å²) in [5.41, 5.74) is 0.945. The number of nitrogens with zero attached hydrogens (tertiary/aromatic N) is 1. The van der Waals surface area contributed by atoms with E-state index in [1.807, 2.05) is 0 Å². The van der Waals surface area contributed by atoms with E-state index in [0.717, 1.165) is 6.26 Å². The molecule has 1 N–H and O–H groups in total. The van der Waals surface area contributed by atoms with Gasteiger partial charge in [-0.2, -0.15) is 0 Å². The smallest absolute Gasteiger partial charge is 0.355 e. The minimum Gasteiger partial charge on any atom is -0.478 e. The Balaban J connectivity index is 2.03. The summed E-state index contributed by atoms with van der Waals surface area (Å²) >= 11 is 6.23. The molecule has 0 atom stereocenters. The molecule has 4 rings (SSSR count). The number of sulfone groups is 1. The molecule has 0 aliphatic heterocycles. The first-order chi connectivity index (χ1) is 17.0. The fourth-order valence-corrected chi connectivity index (χ4v) is 4.78. The summed E-state index contributed by atoms with van der Waals surface area (Å²) in [5, 5.41) is 10.3. The lowest BCUT2D eigenvalue weighted by atomic mass is 9.95. The first-order valence-electron chi connectivity index (χ1n) is 10.6. The van der Waals surface area contributed by atoms with Gasteiger partial charge in [0.2, 0.25) is 0 Å². The number of aromatic carboxylic acids is 1. The molecule has 0 bridgehead atoms. The summed E-state index contributed by atoms with van der Waals surface area (Å²) in [4.78, 5) is 38.1. The highest BCUT2D eigenvalue weighted by Crippen LogP contribution is 2.33. The molecule has 0 saturated carbocycles. The van der Waals surface area contributed by atoms with Crippen molar-refractivity contribution in [3.63, 3.8) is 0 Å². The Kier molecular flexibility index (Phi) is 6.71. The second-order valence-electron chi connectivity index (χ2n) is 8.10. The standard InChI is InChI=1S/C26H20ClNO7S/c1-35-26(32)23-22(16-5-7-17(8-6-16)25(30)31)21-13-18(27)9-12-20(21)24(29)28(23)14-15-3-10-19(11-4-15)36(2,33)34/h3-13H,14H2,1-2H3,(H,30,31). The van der Waals surface area contributed by atoms with Crippen LogP contribution in [0.1, 0.15) is 26.4 Å².